The Morgan fingerprint density at radius 1 is 0.882 bits per heavy atom. The predicted molar refractivity (Wildman–Crippen MR) is 73.5 cm³/mol. The van der Waals surface area contributed by atoms with E-state index < -0.39 is 0 Å². The van der Waals surface area contributed by atoms with Crippen LogP contribution in [-0.4, -0.2) is 39.5 Å². The summed E-state index contributed by atoms with van der Waals surface area (Å²) in [5.74, 6) is 0.617. The summed E-state index contributed by atoms with van der Waals surface area (Å²) in [5, 5.41) is 3.33. The molecule has 0 aliphatic carbocycles. The van der Waals surface area contributed by atoms with E-state index in [-0.39, 0.29) is 0 Å². The van der Waals surface area contributed by atoms with Gasteiger partial charge in [0.05, 0.1) is 13.2 Å². The number of unbranched alkanes of at least 4 members (excludes halogenated alkanes) is 3. The number of nitrogens with one attached hydrogen (secondary N) is 1. The van der Waals surface area contributed by atoms with Gasteiger partial charge in [-0.1, -0.05) is 33.6 Å². The Morgan fingerprint density at radius 3 is 2.29 bits per heavy atom. The van der Waals surface area contributed by atoms with Crippen LogP contribution >= 0.6 is 0 Å². The maximum absolute atomic E-state index is 5.50. The first-order chi connectivity index (χ1) is 8.27. The van der Waals surface area contributed by atoms with Crippen LogP contribution in [-0.2, 0) is 9.47 Å². The van der Waals surface area contributed by atoms with Crippen LogP contribution < -0.4 is 5.32 Å². The zero-order valence-corrected chi connectivity index (χ0v) is 12.0. The Kier molecular flexibility index (Phi) is 13.8. The van der Waals surface area contributed by atoms with Crippen molar-refractivity contribution in [1.82, 2.24) is 5.32 Å². The quantitative estimate of drug-likeness (QED) is 0.506. The number of rotatable bonds is 13. The van der Waals surface area contributed by atoms with Crippen LogP contribution in [0.4, 0.5) is 0 Å². The van der Waals surface area contributed by atoms with E-state index in [1.807, 2.05) is 0 Å². The molecule has 104 valence electrons. The highest BCUT2D eigenvalue weighted by Crippen LogP contribution is 1.99. The van der Waals surface area contributed by atoms with Crippen molar-refractivity contribution in [1.29, 1.82) is 0 Å². The molecule has 0 unspecified atom stereocenters. The number of ether oxygens (including phenoxy) is 2. The first-order valence-corrected chi connectivity index (χ1v) is 7.13. The molecule has 3 heteroatoms. The second kappa shape index (κ2) is 13.9. The maximum atomic E-state index is 5.50. The van der Waals surface area contributed by atoms with Crippen LogP contribution in [0.3, 0.4) is 0 Å². The molecule has 0 bridgehead atoms. The van der Waals surface area contributed by atoms with E-state index in [0.717, 1.165) is 39.5 Å². The predicted octanol–water partition coefficient (Wildman–Crippen LogP) is 2.85. The second-order valence-electron chi connectivity index (χ2n) is 4.85. The van der Waals surface area contributed by atoms with Crippen molar-refractivity contribution in [3.05, 3.63) is 0 Å². The van der Waals surface area contributed by atoms with E-state index >= 15 is 0 Å². The van der Waals surface area contributed by atoms with Gasteiger partial charge in [0.2, 0.25) is 0 Å². The minimum atomic E-state index is 0.617. The van der Waals surface area contributed by atoms with Crippen molar-refractivity contribution >= 4 is 0 Å². The monoisotopic (exact) mass is 245 g/mol. The smallest absolute Gasteiger partial charge is 0.0700 e. The van der Waals surface area contributed by atoms with Crippen molar-refractivity contribution in [3.63, 3.8) is 0 Å². The molecule has 3 nitrogen and oxygen atoms in total. The summed E-state index contributed by atoms with van der Waals surface area (Å²) in [4.78, 5) is 0. The fourth-order valence-corrected chi connectivity index (χ4v) is 1.52. The largest absolute Gasteiger partial charge is 0.379 e. The van der Waals surface area contributed by atoms with E-state index in [9.17, 15) is 0 Å². The molecule has 0 amide bonds. The van der Waals surface area contributed by atoms with Crippen LogP contribution in [0.1, 0.15) is 46.5 Å². The lowest BCUT2D eigenvalue weighted by atomic mass is 10.2. The highest BCUT2D eigenvalue weighted by atomic mass is 16.5. The third-order valence-electron chi connectivity index (χ3n) is 2.47. The molecule has 0 fully saturated rings. The minimum Gasteiger partial charge on any atom is -0.379 e. The molecule has 0 aromatic carbocycles. The van der Waals surface area contributed by atoms with Crippen molar-refractivity contribution < 1.29 is 9.47 Å². The van der Waals surface area contributed by atoms with Crippen LogP contribution in [0, 0.1) is 5.92 Å². The summed E-state index contributed by atoms with van der Waals surface area (Å²) < 4.78 is 10.9. The molecule has 0 aromatic rings. The topological polar surface area (TPSA) is 30.5 Å². The van der Waals surface area contributed by atoms with Gasteiger partial charge < -0.3 is 14.8 Å². The van der Waals surface area contributed by atoms with Gasteiger partial charge in [0.1, 0.15) is 0 Å². The van der Waals surface area contributed by atoms with Gasteiger partial charge in [-0.3, -0.25) is 0 Å². The first kappa shape index (κ1) is 16.9. The lowest BCUT2D eigenvalue weighted by Gasteiger charge is -2.07. The van der Waals surface area contributed by atoms with Crippen LogP contribution in [0.15, 0.2) is 0 Å². The Balaban J connectivity index is 2.89. The summed E-state index contributed by atoms with van der Waals surface area (Å²) >= 11 is 0. The summed E-state index contributed by atoms with van der Waals surface area (Å²) in [7, 11) is 0. The first-order valence-electron chi connectivity index (χ1n) is 7.13. The molecule has 0 aliphatic heterocycles. The molecule has 17 heavy (non-hydrogen) atoms. The van der Waals surface area contributed by atoms with Gasteiger partial charge in [-0.05, 0) is 31.8 Å². The third-order valence-corrected chi connectivity index (χ3v) is 2.47. The van der Waals surface area contributed by atoms with Gasteiger partial charge in [0.15, 0.2) is 0 Å². The van der Waals surface area contributed by atoms with Crippen molar-refractivity contribution in [2.24, 2.45) is 5.92 Å². The average molecular weight is 245 g/mol. The fourth-order valence-electron chi connectivity index (χ4n) is 1.52. The van der Waals surface area contributed by atoms with Crippen LogP contribution in [0.25, 0.3) is 0 Å². The average Bonchev–Trinajstić information content (AvgIpc) is 2.30. The molecule has 0 rings (SSSR count). The summed E-state index contributed by atoms with van der Waals surface area (Å²) in [6.45, 7) is 11.9. The summed E-state index contributed by atoms with van der Waals surface area (Å²) in [6.07, 6.45) is 5.04. The van der Waals surface area contributed by atoms with E-state index in [1.165, 1.54) is 25.7 Å². The molecule has 0 radical (unpaired) electrons. The van der Waals surface area contributed by atoms with Gasteiger partial charge >= 0.3 is 0 Å². The second-order valence-corrected chi connectivity index (χ2v) is 4.85. The highest BCUT2D eigenvalue weighted by Gasteiger charge is 1.94. The molecule has 1 N–H and O–H groups in total. The maximum Gasteiger partial charge on any atom is 0.0700 e. The molecule has 0 atom stereocenters. The lowest BCUT2D eigenvalue weighted by Crippen LogP contribution is -2.13. The zero-order chi connectivity index (χ0) is 12.8. The SMILES string of the molecule is CCNCCCCCCOCCOCC(C)C. The molecule has 0 saturated heterocycles. The Labute approximate surface area is 107 Å². The fraction of sp³-hybridized carbons (Fsp3) is 1.00. The Morgan fingerprint density at radius 2 is 1.59 bits per heavy atom. The van der Waals surface area contributed by atoms with E-state index in [2.05, 4.69) is 26.1 Å². The van der Waals surface area contributed by atoms with Crippen molar-refractivity contribution in [2.75, 3.05) is 39.5 Å². The minimum absolute atomic E-state index is 0.617. The van der Waals surface area contributed by atoms with Gasteiger partial charge in [0.25, 0.3) is 0 Å². The molecule has 0 heterocycles. The molecule has 0 aliphatic rings. The number of hydrogen-bond donors (Lipinski definition) is 1. The zero-order valence-electron chi connectivity index (χ0n) is 12.0. The van der Waals surface area contributed by atoms with Gasteiger partial charge in [-0.2, -0.15) is 0 Å². The molecular formula is C14H31NO2. The molecule has 0 saturated carbocycles. The number of hydrogen-bond acceptors (Lipinski definition) is 3. The summed E-state index contributed by atoms with van der Waals surface area (Å²) in [6, 6.07) is 0. The molecule has 0 aromatic heterocycles. The van der Waals surface area contributed by atoms with Crippen LogP contribution in [0.5, 0.6) is 0 Å². The van der Waals surface area contributed by atoms with Gasteiger partial charge in [0, 0.05) is 13.2 Å². The van der Waals surface area contributed by atoms with E-state index in [0.29, 0.717) is 5.92 Å². The van der Waals surface area contributed by atoms with E-state index in [4.69, 9.17) is 9.47 Å². The highest BCUT2D eigenvalue weighted by molar-refractivity contribution is 4.47. The van der Waals surface area contributed by atoms with Gasteiger partial charge in [-0.15, -0.1) is 0 Å². The lowest BCUT2D eigenvalue weighted by molar-refractivity contribution is 0.0366. The third kappa shape index (κ3) is 15.9. The van der Waals surface area contributed by atoms with Crippen molar-refractivity contribution in [3.8, 4) is 0 Å². The standard InChI is InChI=1S/C14H31NO2/c1-4-15-9-7-5-6-8-10-16-11-12-17-13-14(2)3/h14-15H,4-13H2,1-3H3. The van der Waals surface area contributed by atoms with E-state index in [1.54, 1.807) is 0 Å². The Hall–Kier alpha value is -0.120. The van der Waals surface area contributed by atoms with Crippen LogP contribution in [0.2, 0.25) is 0 Å². The van der Waals surface area contributed by atoms with Crippen molar-refractivity contribution in [2.45, 2.75) is 46.5 Å². The summed E-state index contributed by atoms with van der Waals surface area (Å²) in [5.41, 5.74) is 0. The van der Waals surface area contributed by atoms with Gasteiger partial charge in [-0.25, -0.2) is 0 Å². The Bertz CT molecular complexity index is 140. The molecular weight excluding hydrogens is 214 g/mol. The normalized spacial score (nSPS) is 11.3. The molecule has 0 spiro atoms.